The molecule has 3 aromatic heterocycles. The lowest BCUT2D eigenvalue weighted by Gasteiger charge is -2.14. The largest absolute Gasteiger partial charge is 0.307 e. The zero-order valence-electron chi connectivity index (χ0n) is 35.9. The van der Waals surface area contributed by atoms with Crippen LogP contribution in [0.25, 0.3) is 122 Å². The van der Waals surface area contributed by atoms with Gasteiger partial charge in [-0.3, -0.25) is 0 Å². The van der Waals surface area contributed by atoms with Crippen LogP contribution in [0.5, 0.6) is 0 Å². The van der Waals surface area contributed by atoms with Crippen molar-refractivity contribution in [3.05, 3.63) is 243 Å². The first-order chi connectivity index (χ1) is 32.7. The van der Waals surface area contributed by atoms with Crippen LogP contribution < -0.4 is 0 Å². The number of nitrogens with zero attached hydrogens (tertiary/aromatic N) is 4. The van der Waals surface area contributed by atoms with Crippen LogP contribution in [-0.2, 0) is 0 Å². The molecule has 0 spiro atoms. The minimum absolute atomic E-state index is 0.666. The van der Waals surface area contributed by atoms with Crippen LogP contribution in [-0.4, -0.2) is 19.1 Å². The molecule has 0 aliphatic heterocycles. The molecule has 0 saturated carbocycles. The minimum Gasteiger partial charge on any atom is -0.307 e. The predicted molar refractivity (Wildman–Crippen MR) is 275 cm³/mol. The van der Waals surface area contributed by atoms with E-state index < -0.39 is 0 Å². The fourth-order valence-electron chi connectivity index (χ4n) is 9.94. The van der Waals surface area contributed by atoms with Crippen LogP contribution in [0.3, 0.4) is 0 Å². The standard InChI is InChI=1S/C62H40N4/c1-3-14-41(15-4-1)44-26-30-46(31-27-44)56-40-57(47-32-28-45(29-33-47)42-16-5-2-6-17-42)64-62(63-56)49-20-13-21-50(39-49)65-58-24-11-9-22-52(58)54-36-37-55-53-23-10-12-25-59(53)66(61(55)60(54)65)51-35-34-43-18-7-8-19-48(43)38-51/h1-40H. The number of fused-ring (bicyclic) bond motifs is 8. The molecule has 0 unspecified atom stereocenters. The van der Waals surface area contributed by atoms with E-state index in [1.807, 2.05) is 0 Å². The van der Waals surface area contributed by atoms with Crippen molar-refractivity contribution < 1.29 is 0 Å². The van der Waals surface area contributed by atoms with Gasteiger partial charge in [-0.25, -0.2) is 9.97 Å². The van der Waals surface area contributed by atoms with E-state index in [1.165, 1.54) is 54.5 Å². The van der Waals surface area contributed by atoms with E-state index in [4.69, 9.17) is 9.97 Å². The topological polar surface area (TPSA) is 35.6 Å². The van der Waals surface area contributed by atoms with Crippen LogP contribution in [0.15, 0.2) is 243 Å². The molecule has 3 heterocycles. The van der Waals surface area contributed by atoms with Crippen molar-refractivity contribution in [2.75, 3.05) is 0 Å². The van der Waals surface area contributed by atoms with Gasteiger partial charge in [-0.15, -0.1) is 0 Å². The Morgan fingerprint density at radius 1 is 0.258 bits per heavy atom. The Kier molecular flexibility index (Phi) is 8.81. The highest BCUT2D eigenvalue weighted by molar-refractivity contribution is 6.24. The molecule has 13 aromatic rings. The molecule has 0 N–H and O–H groups in total. The fourth-order valence-corrected chi connectivity index (χ4v) is 9.94. The van der Waals surface area contributed by atoms with Crippen molar-refractivity contribution in [2.24, 2.45) is 0 Å². The first kappa shape index (κ1) is 37.7. The second kappa shape index (κ2) is 15.4. The van der Waals surface area contributed by atoms with Gasteiger partial charge in [0, 0.05) is 49.6 Å². The molecule has 0 amide bonds. The first-order valence-electron chi connectivity index (χ1n) is 22.5. The van der Waals surface area contributed by atoms with E-state index in [1.54, 1.807) is 0 Å². The molecular weight excluding hydrogens is 801 g/mol. The number of hydrogen-bond donors (Lipinski definition) is 0. The van der Waals surface area contributed by atoms with Crippen LogP contribution in [0.1, 0.15) is 0 Å². The third-order valence-electron chi connectivity index (χ3n) is 13.1. The fraction of sp³-hybridized carbons (Fsp3) is 0. The maximum Gasteiger partial charge on any atom is 0.160 e. The SMILES string of the molecule is c1ccc(-c2ccc(-c3cc(-c4ccc(-c5ccccc5)cc4)nc(-c4cccc(-n5c6ccccc6c6ccc7c8ccccc8n(-c8ccc9ccccc9c8)c7c65)c4)n3)cc2)cc1. The lowest BCUT2D eigenvalue weighted by atomic mass is 10.0. The van der Waals surface area contributed by atoms with E-state index in [2.05, 4.69) is 252 Å². The van der Waals surface area contributed by atoms with Crippen LogP contribution in [0.2, 0.25) is 0 Å². The van der Waals surface area contributed by atoms with Gasteiger partial charge in [-0.2, -0.15) is 0 Å². The Hall–Kier alpha value is -8.86. The van der Waals surface area contributed by atoms with Crippen LogP contribution >= 0.6 is 0 Å². The van der Waals surface area contributed by atoms with Gasteiger partial charge in [0.2, 0.25) is 0 Å². The highest BCUT2D eigenvalue weighted by Gasteiger charge is 2.22. The molecular formula is C62H40N4. The Balaban J connectivity index is 1.02. The highest BCUT2D eigenvalue weighted by atomic mass is 15.0. The molecule has 4 nitrogen and oxygen atoms in total. The average Bonchev–Trinajstić information content (AvgIpc) is 3.92. The third-order valence-corrected chi connectivity index (χ3v) is 13.1. The molecule has 0 radical (unpaired) electrons. The summed E-state index contributed by atoms with van der Waals surface area (Å²) in [5, 5.41) is 7.27. The van der Waals surface area contributed by atoms with E-state index >= 15 is 0 Å². The first-order valence-corrected chi connectivity index (χ1v) is 22.5. The minimum atomic E-state index is 0.666. The van der Waals surface area contributed by atoms with E-state index in [-0.39, 0.29) is 0 Å². The summed E-state index contributed by atoms with van der Waals surface area (Å²) < 4.78 is 4.91. The number of aromatic nitrogens is 4. The molecule has 13 rings (SSSR count). The smallest absolute Gasteiger partial charge is 0.160 e. The summed E-state index contributed by atoms with van der Waals surface area (Å²) in [5.41, 5.74) is 16.2. The van der Waals surface area contributed by atoms with Crippen molar-refractivity contribution in [3.63, 3.8) is 0 Å². The number of hydrogen-bond acceptors (Lipinski definition) is 2. The quantitative estimate of drug-likeness (QED) is 0.160. The second-order valence-electron chi connectivity index (χ2n) is 17.0. The van der Waals surface area contributed by atoms with Gasteiger partial charge < -0.3 is 9.13 Å². The normalized spacial score (nSPS) is 11.6. The summed E-state index contributed by atoms with van der Waals surface area (Å²) in [4.78, 5) is 10.7. The van der Waals surface area contributed by atoms with Gasteiger partial charge in [0.25, 0.3) is 0 Å². The summed E-state index contributed by atoms with van der Waals surface area (Å²) in [7, 11) is 0. The Morgan fingerprint density at radius 3 is 1.26 bits per heavy atom. The molecule has 0 bridgehead atoms. The molecule has 0 aliphatic rings. The molecule has 4 heteroatoms. The third kappa shape index (κ3) is 6.30. The summed E-state index contributed by atoms with van der Waals surface area (Å²) in [6.45, 7) is 0. The van der Waals surface area contributed by atoms with Gasteiger partial charge >= 0.3 is 0 Å². The molecule has 0 saturated heterocycles. The molecule has 308 valence electrons. The molecule has 0 aliphatic carbocycles. The molecule has 0 fully saturated rings. The highest BCUT2D eigenvalue weighted by Crippen LogP contribution is 2.42. The number of rotatable bonds is 7. The van der Waals surface area contributed by atoms with Crippen molar-refractivity contribution >= 4 is 54.4 Å². The van der Waals surface area contributed by atoms with Crippen molar-refractivity contribution in [3.8, 4) is 67.5 Å². The van der Waals surface area contributed by atoms with E-state index in [0.717, 1.165) is 61.6 Å². The molecule has 10 aromatic carbocycles. The monoisotopic (exact) mass is 840 g/mol. The summed E-state index contributed by atoms with van der Waals surface area (Å²) in [6.07, 6.45) is 0. The van der Waals surface area contributed by atoms with Crippen molar-refractivity contribution in [1.82, 2.24) is 19.1 Å². The van der Waals surface area contributed by atoms with Gasteiger partial charge in [0.05, 0.1) is 33.5 Å². The lowest BCUT2D eigenvalue weighted by molar-refractivity contribution is 1.14. The van der Waals surface area contributed by atoms with Crippen LogP contribution in [0, 0.1) is 0 Å². The lowest BCUT2D eigenvalue weighted by Crippen LogP contribution is -2.00. The Morgan fingerprint density at radius 2 is 0.697 bits per heavy atom. The molecule has 66 heavy (non-hydrogen) atoms. The Labute approximate surface area is 382 Å². The van der Waals surface area contributed by atoms with Gasteiger partial charge in [0.15, 0.2) is 5.82 Å². The average molecular weight is 841 g/mol. The maximum atomic E-state index is 5.35. The van der Waals surface area contributed by atoms with Gasteiger partial charge in [-0.05, 0) is 75.5 Å². The summed E-state index contributed by atoms with van der Waals surface area (Å²) in [6, 6.07) is 86.9. The maximum absolute atomic E-state index is 5.35. The zero-order chi connectivity index (χ0) is 43.6. The Bertz CT molecular complexity index is 3860. The van der Waals surface area contributed by atoms with Gasteiger partial charge in [-0.1, -0.05) is 200 Å². The van der Waals surface area contributed by atoms with Crippen LogP contribution in [0.4, 0.5) is 0 Å². The zero-order valence-corrected chi connectivity index (χ0v) is 35.9. The molecule has 0 atom stereocenters. The van der Waals surface area contributed by atoms with Gasteiger partial charge in [0.1, 0.15) is 0 Å². The summed E-state index contributed by atoms with van der Waals surface area (Å²) >= 11 is 0. The number of benzene rings is 10. The van der Waals surface area contributed by atoms with Crippen molar-refractivity contribution in [1.29, 1.82) is 0 Å². The number of para-hydroxylation sites is 2. The summed E-state index contributed by atoms with van der Waals surface area (Å²) in [5.74, 6) is 0.666. The van der Waals surface area contributed by atoms with E-state index in [0.29, 0.717) is 5.82 Å². The van der Waals surface area contributed by atoms with Crippen molar-refractivity contribution in [2.45, 2.75) is 0 Å². The van der Waals surface area contributed by atoms with E-state index in [9.17, 15) is 0 Å². The second-order valence-corrected chi connectivity index (χ2v) is 17.0. The predicted octanol–water partition coefficient (Wildman–Crippen LogP) is 16.2.